The molecular formula is C13H15BrN2O2. The van der Waals surface area contributed by atoms with Crippen molar-refractivity contribution in [1.29, 1.82) is 5.26 Å². The van der Waals surface area contributed by atoms with E-state index in [9.17, 15) is 4.79 Å². The van der Waals surface area contributed by atoms with Gasteiger partial charge in [0.05, 0.1) is 17.7 Å². The maximum atomic E-state index is 11.9. The highest BCUT2D eigenvalue weighted by Crippen LogP contribution is 2.25. The Labute approximate surface area is 115 Å². The van der Waals surface area contributed by atoms with Crippen LogP contribution in [0.3, 0.4) is 0 Å². The third kappa shape index (κ3) is 3.47. The third-order valence-corrected chi connectivity index (χ3v) is 3.13. The Bertz CT molecular complexity index is 480. The summed E-state index contributed by atoms with van der Waals surface area (Å²) in [4.78, 5) is 11.9. The monoisotopic (exact) mass is 310 g/mol. The van der Waals surface area contributed by atoms with Crippen LogP contribution in [0.25, 0.3) is 0 Å². The van der Waals surface area contributed by atoms with E-state index in [1.54, 1.807) is 25.3 Å². The SMILES string of the molecule is COc1ccc(C(=O)NC(C#N)C(C)C)cc1Br. The lowest BCUT2D eigenvalue weighted by Gasteiger charge is -2.15. The summed E-state index contributed by atoms with van der Waals surface area (Å²) in [5.41, 5.74) is 0.489. The molecule has 18 heavy (non-hydrogen) atoms. The van der Waals surface area contributed by atoms with E-state index in [4.69, 9.17) is 10.00 Å². The van der Waals surface area contributed by atoms with E-state index in [1.165, 1.54) is 0 Å². The molecule has 0 heterocycles. The normalized spacial score (nSPS) is 11.8. The lowest BCUT2D eigenvalue weighted by Crippen LogP contribution is -2.37. The first kappa shape index (κ1) is 14.5. The Morgan fingerprint density at radius 2 is 2.17 bits per heavy atom. The van der Waals surface area contributed by atoms with E-state index < -0.39 is 6.04 Å². The second-order valence-corrected chi connectivity index (χ2v) is 5.03. The van der Waals surface area contributed by atoms with Gasteiger partial charge in [-0.25, -0.2) is 0 Å². The molecule has 0 radical (unpaired) electrons. The summed E-state index contributed by atoms with van der Waals surface area (Å²) in [7, 11) is 1.56. The molecule has 0 fully saturated rings. The number of benzene rings is 1. The van der Waals surface area contributed by atoms with Gasteiger partial charge in [-0.2, -0.15) is 5.26 Å². The number of carbonyl (C=O) groups excluding carboxylic acids is 1. The summed E-state index contributed by atoms with van der Waals surface area (Å²) in [6.45, 7) is 3.77. The molecule has 5 heteroatoms. The predicted molar refractivity (Wildman–Crippen MR) is 72.4 cm³/mol. The molecule has 0 aliphatic rings. The van der Waals surface area contributed by atoms with Crippen molar-refractivity contribution >= 4 is 21.8 Å². The van der Waals surface area contributed by atoms with Crippen LogP contribution in [0.1, 0.15) is 24.2 Å². The lowest BCUT2D eigenvalue weighted by molar-refractivity contribution is 0.0937. The third-order valence-electron chi connectivity index (χ3n) is 2.51. The van der Waals surface area contributed by atoms with Crippen molar-refractivity contribution in [2.75, 3.05) is 7.11 Å². The van der Waals surface area contributed by atoms with Crippen molar-refractivity contribution in [1.82, 2.24) is 5.32 Å². The summed E-state index contributed by atoms with van der Waals surface area (Å²) in [6, 6.07) is 6.62. The van der Waals surface area contributed by atoms with Gasteiger partial charge in [-0.3, -0.25) is 4.79 Å². The maximum absolute atomic E-state index is 11.9. The molecular weight excluding hydrogens is 296 g/mol. The summed E-state index contributed by atoms with van der Waals surface area (Å²) >= 11 is 3.32. The zero-order valence-corrected chi connectivity index (χ0v) is 12.1. The van der Waals surface area contributed by atoms with Gasteiger partial charge < -0.3 is 10.1 Å². The smallest absolute Gasteiger partial charge is 0.252 e. The molecule has 0 bridgehead atoms. The van der Waals surface area contributed by atoms with Gasteiger partial charge >= 0.3 is 0 Å². The highest BCUT2D eigenvalue weighted by molar-refractivity contribution is 9.10. The van der Waals surface area contributed by atoms with Crippen molar-refractivity contribution in [2.45, 2.75) is 19.9 Å². The molecule has 1 amide bonds. The Morgan fingerprint density at radius 1 is 1.50 bits per heavy atom. The highest BCUT2D eigenvalue weighted by atomic mass is 79.9. The fourth-order valence-electron chi connectivity index (χ4n) is 1.38. The molecule has 96 valence electrons. The number of methoxy groups -OCH3 is 1. The van der Waals surface area contributed by atoms with Crippen LogP contribution in [0.5, 0.6) is 5.75 Å². The Balaban J connectivity index is 2.85. The van der Waals surface area contributed by atoms with Gasteiger partial charge in [-0.15, -0.1) is 0 Å². The molecule has 1 atom stereocenters. The largest absolute Gasteiger partial charge is 0.496 e. The first-order valence-corrected chi connectivity index (χ1v) is 6.33. The Kier molecular flexibility index (Phi) is 5.17. The van der Waals surface area contributed by atoms with Gasteiger partial charge in [-0.1, -0.05) is 13.8 Å². The molecule has 1 aromatic carbocycles. The zero-order chi connectivity index (χ0) is 13.7. The van der Waals surface area contributed by atoms with Crippen molar-refractivity contribution in [3.63, 3.8) is 0 Å². The fourth-order valence-corrected chi connectivity index (χ4v) is 1.92. The van der Waals surface area contributed by atoms with Crippen molar-refractivity contribution in [3.8, 4) is 11.8 Å². The van der Waals surface area contributed by atoms with Crippen LogP contribution < -0.4 is 10.1 Å². The van der Waals surface area contributed by atoms with Crippen molar-refractivity contribution in [2.24, 2.45) is 5.92 Å². The molecule has 0 saturated heterocycles. The Hall–Kier alpha value is -1.54. The van der Waals surface area contributed by atoms with Crippen LogP contribution in [0, 0.1) is 17.2 Å². The van der Waals surface area contributed by atoms with Gasteiger partial charge in [0.2, 0.25) is 0 Å². The number of nitrogens with zero attached hydrogens (tertiary/aromatic N) is 1. The van der Waals surface area contributed by atoms with E-state index in [1.807, 2.05) is 13.8 Å². The van der Waals surface area contributed by atoms with E-state index >= 15 is 0 Å². The van der Waals surface area contributed by atoms with Crippen LogP contribution in [-0.4, -0.2) is 19.1 Å². The quantitative estimate of drug-likeness (QED) is 0.930. The standard InChI is InChI=1S/C13H15BrN2O2/c1-8(2)11(7-15)16-13(17)9-4-5-12(18-3)10(14)6-9/h4-6,8,11H,1-3H3,(H,16,17). The van der Waals surface area contributed by atoms with E-state index in [-0.39, 0.29) is 11.8 Å². The van der Waals surface area contributed by atoms with Crippen LogP contribution >= 0.6 is 15.9 Å². The summed E-state index contributed by atoms with van der Waals surface area (Å²) in [6.07, 6.45) is 0. The minimum absolute atomic E-state index is 0.0700. The van der Waals surface area contributed by atoms with Gasteiger partial charge in [-0.05, 0) is 40.0 Å². The Morgan fingerprint density at radius 3 is 2.61 bits per heavy atom. The summed E-state index contributed by atoms with van der Waals surface area (Å²) in [5, 5.41) is 11.6. The maximum Gasteiger partial charge on any atom is 0.252 e. The molecule has 1 N–H and O–H groups in total. The van der Waals surface area contributed by atoms with Crippen molar-refractivity contribution in [3.05, 3.63) is 28.2 Å². The van der Waals surface area contributed by atoms with Crippen LogP contribution in [0.4, 0.5) is 0 Å². The first-order valence-electron chi connectivity index (χ1n) is 5.53. The summed E-state index contributed by atoms with van der Waals surface area (Å²) in [5.74, 6) is 0.464. The number of hydrogen-bond acceptors (Lipinski definition) is 3. The predicted octanol–water partition coefficient (Wildman–Crippen LogP) is 2.74. The number of nitriles is 1. The second kappa shape index (κ2) is 6.41. The number of nitrogens with one attached hydrogen (secondary N) is 1. The lowest BCUT2D eigenvalue weighted by atomic mass is 10.1. The van der Waals surface area contributed by atoms with E-state index in [0.29, 0.717) is 15.8 Å². The molecule has 1 rings (SSSR count). The molecule has 4 nitrogen and oxygen atoms in total. The molecule has 0 aliphatic heterocycles. The number of amides is 1. The molecule has 0 spiro atoms. The van der Waals surface area contributed by atoms with Gasteiger partial charge in [0, 0.05) is 5.56 Å². The van der Waals surface area contributed by atoms with Crippen LogP contribution in [-0.2, 0) is 0 Å². The minimum Gasteiger partial charge on any atom is -0.496 e. The van der Waals surface area contributed by atoms with E-state index in [0.717, 1.165) is 0 Å². The van der Waals surface area contributed by atoms with Gasteiger partial charge in [0.1, 0.15) is 11.8 Å². The second-order valence-electron chi connectivity index (χ2n) is 4.17. The first-order chi connectivity index (χ1) is 8.49. The zero-order valence-electron chi connectivity index (χ0n) is 10.5. The number of carbonyl (C=O) groups is 1. The van der Waals surface area contributed by atoms with Crippen molar-refractivity contribution < 1.29 is 9.53 Å². The summed E-state index contributed by atoms with van der Waals surface area (Å²) < 4.78 is 5.79. The van der Waals surface area contributed by atoms with Crippen LogP contribution in [0.2, 0.25) is 0 Å². The van der Waals surface area contributed by atoms with Crippen LogP contribution in [0.15, 0.2) is 22.7 Å². The van der Waals surface area contributed by atoms with Gasteiger partial charge in [0.15, 0.2) is 0 Å². The average Bonchev–Trinajstić information content (AvgIpc) is 2.35. The number of ether oxygens (including phenoxy) is 1. The topological polar surface area (TPSA) is 62.1 Å². The highest BCUT2D eigenvalue weighted by Gasteiger charge is 2.17. The number of halogens is 1. The fraction of sp³-hybridized carbons (Fsp3) is 0.385. The van der Waals surface area contributed by atoms with Gasteiger partial charge in [0.25, 0.3) is 5.91 Å². The molecule has 0 saturated carbocycles. The molecule has 0 aromatic heterocycles. The average molecular weight is 311 g/mol. The minimum atomic E-state index is -0.488. The number of rotatable bonds is 4. The molecule has 1 unspecified atom stereocenters. The molecule has 1 aromatic rings. The number of hydrogen-bond donors (Lipinski definition) is 1. The molecule has 0 aliphatic carbocycles. The van der Waals surface area contributed by atoms with E-state index in [2.05, 4.69) is 27.3 Å².